The molecule has 0 aromatic heterocycles. The van der Waals surface area contributed by atoms with Crippen LogP contribution in [0.1, 0.15) is 22.3 Å². The van der Waals surface area contributed by atoms with Crippen molar-refractivity contribution in [3.63, 3.8) is 0 Å². The summed E-state index contributed by atoms with van der Waals surface area (Å²) in [7, 11) is 0. The summed E-state index contributed by atoms with van der Waals surface area (Å²) in [6.07, 6.45) is 0. The van der Waals surface area contributed by atoms with Crippen LogP contribution in [0.15, 0.2) is 243 Å². The van der Waals surface area contributed by atoms with Gasteiger partial charge in [-0.05, 0) is 0 Å². The maximum atomic E-state index is 2.40. The summed E-state index contributed by atoms with van der Waals surface area (Å²) in [4.78, 5) is 0. The first-order valence-corrected chi connectivity index (χ1v) is 36.7. The maximum absolute atomic E-state index is 2.40. The molecule has 0 atom stereocenters. The van der Waals surface area contributed by atoms with Crippen molar-refractivity contribution >= 4 is 52.5 Å². The van der Waals surface area contributed by atoms with Gasteiger partial charge in [-0.3, -0.25) is 0 Å². The Kier molecular flexibility index (Phi) is 14.0. The van der Waals surface area contributed by atoms with E-state index in [0.29, 0.717) is 52.5 Å². The van der Waals surface area contributed by atoms with Gasteiger partial charge in [0, 0.05) is 0 Å². The van der Waals surface area contributed by atoms with Gasteiger partial charge in [0.25, 0.3) is 0 Å². The molecular formula is C64H48Se4. The van der Waals surface area contributed by atoms with Crippen LogP contribution < -0.4 is 0 Å². The van der Waals surface area contributed by atoms with Crippen LogP contribution in [-0.4, -0.2) is 52.5 Å². The first-order chi connectivity index (χ1) is 33.7. The summed E-state index contributed by atoms with van der Waals surface area (Å²) in [5, 5.41) is 4.57. The second kappa shape index (κ2) is 21.3. The molecule has 13 rings (SSSR count). The van der Waals surface area contributed by atoms with Gasteiger partial charge in [-0.25, -0.2) is 0 Å². The van der Waals surface area contributed by atoms with Crippen LogP contribution in [0.3, 0.4) is 0 Å². The predicted molar refractivity (Wildman–Crippen MR) is 294 cm³/mol. The van der Waals surface area contributed by atoms with Crippen molar-refractivity contribution in [1.29, 1.82) is 0 Å². The fourth-order valence-electron chi connectivity index (χ4n) is 9.43. The van der Waals surface area contributed by atoms with E-state index in [1.54, 1.807) is 0 Å². The van der Waals surface area contributed by atoms with E-state index in [4.69, 9.17) is 0 Å². The molecule has 8 bridgehead atoms. The Bertz CT molecular complexity index is 3130. The first-order valence-electron chi connectivity index (χ1n) is 23.2. The van der Waals surface area contributed by atoms with Gasteiger partial charge in [0.05, 0.1) is 0 Å². The molecule has 0 radical (unpaired) electrons. The van der Waals surface area contributed by atoms with E-state index in [0.717, 1.165) is 10.6 Å². The van der Waals surface area contributed by atoms with Crippen molar-refractivity contribution in [2.75, 3.05) is 0 Å². The predicted octanol–water partition coefficient (Wildman–Crippen LogP) is 15.4. The van der Waals surface area contributed by atoms with E-state index in [9.17, 15) is 0 Å². The van der Waals surface area contributed by atoms with Crippen LogP contribution in [0.2, 0.25) is 0 Å². The molecule has 0 N–H and O–H groups in total. The molecule has 10 aromatic rings. The Morgan fingerprint density at radius 1 is 0.191 bits per heavy atom. The molecule has 0 saturated carbocycles. The van der Waals surface area contributed by atoms with Crippen LogP contribution >= 0.6 is 0 Å². The quantitative estimate of drug-likeness (QED) is 0.133. The molecule has 0 unspecified atom stereocenters. The molecule has 0 amide bonds. The average Bonchev–Trinajstić information content (AvgIpc) is 3.41. The number of hydrogen-bond acceptors (Lipinski definition) is 0. The first kappa shape index (κ1) is 44.8. The van der Waals surface area contributed by atoms with Gasteiger partial charge in [-0.15, -0.1) is 0 Å². The Morgan fingerprint density at radius 3 is 0.809 bits per heavy atom. The van der Waals surface area contributed by atoms with Crippen molar-refractivity contribution in [2.45, 2.75) is 21.3 Å². The van der Waals surface area contributed by atoms with Gasteiger partial charge in [0.1, 0.15) is 0 Å². The molecule has 4 heteroatoms. The fraction of sp³-hybridized carbons (Fsp3) is 0.0625. The van der Waals surface area contributed by atoms with Gasteiger partial charge in [0.15, 0.2) is 0 Å². The second-order valence-corrected chi connectivity index (χ2v) is 31.8. The summed E-state index contributed by atoms with van der Waals surface area (Å²) >= 11 is 2.12. The zero-order valence-corrected chi connectivity index (χ0v) is 44.4. The SMILES string of the molecule is c1cc2cc(c1)-c1ccccc1-c1ccccc1C[Se][Se]Cc1ccccc1-c1ccccc1-c1cccc(c1)-c1ccccc1-c1ccc(cc1)C[Se][Se]Cc1ccc(cc1)-c1ccccc1-2. The summed E-state index contributed by atoms with van der Waals surface area (Å²) < 4.78 is 0. The number of benzene rings is 10. The number of fused-ring (bicyclic) bond motifs is 2. The van der Waals surface area contributed by atoms with Crippen molar-refractivity contribution in [2.24, 2.45) is 0 Å². The topological polar surface area (TPSA) is 0 Å². The van der Waals surface area contributed by atoms with Crippen molar-refractivity contribution in [3.8, 4) is 89.0 Å². The monoisotopic (exact) mass is 1140 g/mol. The standard InChI is InChI=1S/C64H48Se4/c1-3-27-61-53(15-1)43-67-68-44-54-16-2-4-28-62(54)64-30-12-10-26-60(64)52-20-14-18-50(40-52)58-24-8-6-22-56(58)48-37-33-46(34-38-48)42-66-65-41-45-31-35-47(36-32-45)55-21-5-7-23-57(55)49-17-13-19-51(39-49)59-25-9-11-29-63(59)61/h1-40H,41-44H2. The second-order valence-electron chi connectivity index (χ2n) is 17.1. The minimum absolute atomic E-state index is 0.479. The normalized spacial score (nSPS) is 12.8. The van der Waals surface area contributed by atoms with Crippen molar-refractivity contribution < 1.29 is 0 Å². The molecule has 0 saturated heterocycles. The third-order valence-corrected chi connectivity index (χ3v) is 26.0. The Hall–Kier alpha value is -5.72. The molecular weight excluding hydrogens is 1080 g/mol. The summed E-state index contributed by atoms with van der Waals surface area (Å²) in [5.74, 6) is 0. The molecule has 10 aromatic carbocycles. The molecule has 0 aliphatic carbocycles. The molecule has 0 nitrogen and oxygen atoms in total. The summed E-state index contributed by atoms with van der Waals surface area (Å²) in [6.45, 7) is 0. The Morgan fingerprint density at radius 2 is 0.456 bits per heavy atom. The van der Waals surface area contributed by atoms with E-state index >= 15 is 0 Å². The number of hydrogen-bond donors (Lipinski definition) is 0. The average molecular weight is 1130 g/mol. The molecule has 3 aliphatic heterocycles. The Labute approximate surface area is 424 Å². The van der Waals surface area contributed by atoms with E-state index in [1.165, 1.54) is 122 Å². The van der Waals surface area contributed by atoms with Crippen molar-refractivity contribution in [1.82, 2.24) is 0 Å². The molecule has 3 aliphatic rings. The van der Waals surface area contributed by atoms with Crippen LogP contribution in [0, 0.1) is 0 Å². The van der Waals surface area contributed by atoms with E-state index in [2.05, 4.69) is 243 Å². The molecule has 68 heavy (non-hydrogen) atoms. The van der Waals surface area contributed by atoms with Crippen LogP contribution in [0.4, 0.5) is 0 Å². The zero-order chi connectivity index (χ0) is 45.5. The van der Waals surface area contributed by atoms with Gasteiger partial charge in [-0.2, -0.15) is 0 Å². The number of rotatable bonds is 0. The summed E-state index contributed by atoms with van der Waals surface area (Å²) in [6, 6.07) is 91.4. The van der Waals surface area contributed by atoms with E-state index in [-0.39, 0.29) is 0 Å². The molecule has 0 spiro atoms. The van der Waals surface area contributed by atoms with Crippen molar-refractivity contribution in [3.05, 3.63) is 265 Å². The Balaban J connectivity index is 0.953. The van der Waals surface area contributed by atoms with Crippen LogP contribution in [0.5, 0.6) is 0 Å². The van der Waals surface area contributed by atoms with Gasteiger partial charge in [-0.1, -0.05) is 0 Å². The van der Waals surface area contributed by atoms with Gasteiger partial charge < -0.3 is 0 Å². The van der Waals surface area contributed by atoms with E-state index < -0.39 is 0 Å². The van der Waals surface area contributed by atoms with E-state index in [1.807, 2.05) is 0 Å². The molecule has 328 valence electrons. The fourth-order valence-corrected chi connectivity index (χ4v) is 22.5. The van der Waals surface area contributed by atoms with Gasteiger partial charge in [0.2, 0.25) is 0 Å². The van der Waals surface area contributed by atoms with Crippen LogP contribution in [-0.2, 0) is 21.3 Å². The third-order valence-electron chi connectivity index (χ3n) is 12.9. The molecule has 0 fully saturated rings. The third kappa shape index (κ3) is 9.90. The molecule has 3 heterocycles. The van der Waals surface area contributed by atoms with Gasteiger partial charge >= 0.3 is 428 Å². The van der Waals surface area contributed by atoms with Crippen LogP contribution in [0.25, 0.3) is 89.0 Å². The summed E-state index contributed by atoms with van der Waals surface area (Å²) in [5.41, 5.74) is 26.3. The minimum atomic E-state index is 0.479. The zero-order valence-electron chi connectivity index (χ0n) is 37.6.